The Hall–Kier alpha value is -2.38. The maximum atomic E-state index is 12.2. The number of hydrogen-bond donors (Lipinski definition) is 2. The molecule has 3 aromatic rings. The van der Waals surface area contributed by atoms with E-state index in [2.05, 4.69) is 26.6 Å². The van der Waals surface area contributed by atoms with E-state index in [1.54, 1.807) is 30.3 Å². The van der Waals surface area contributed by atoms with Crippen LogP contribution >= 0.6 is 27.3 Å². The highest BCUT2D eigenvalue weighted by Crippen LogP contribution is 2.26. The number of thiophene rings is 1. The Morgan fingerprint density at radius 2 is 1.78 bits per heavy atom. The molecule has 0 aliphatic rings. The Kier molecular flexibility index (Phi) is 4.59. The summed E-state index contributed by atoms with van der Waals surface area (Å²) in [4.78, 5) is 24.6. The molecule has 0 fully saturated rings. The van der Waals surface area contributed by atoms with Crippen LogP contribution in [0.2, 0.25) is 0 Å². The number of furan rings is 1. The Morgan fingerprint density at radius 1 is 0.957 bits per heavy atom. The van der Waals surface area contributed by atoms with Crippen LogP contribution in [0.3, 0.4) is 0 Å². The summed E-state index contributed by atoms with van der Waals surface area (Å²) in [5.41, 5.74) is 0.687. The summed E-state index contributed by atoms with van der Waals surface area (Å²) in [6.07, 6.45) is 1.43. The predicted octanol–water partition coefficient (Wildman–Crippen LogP) is 4.61. The molecule has 0 spiro atoms. The van der Waals surface area contributed by atoms with Gasteiger partial charge in [-0.05, 0) is 52.3 Å². The van der Waals surface area contributed by atoms with Crippen LogP contribution in [0.15, 0.2) is 63.7 Å². The van der Waals surface area contributed by atoms with Gasteiger partial charge in [0.15, 0.2) is 5.76 Å². The van der Waals surface area contributed by atoms with Crippen LogP contribution in [0.4, 0.5) is 10.7 Å². The average Bonchev–Trinajstić information content (AvgIpc) is 3.20. The lowest BCUT2D eigenvalue weighted by molar-refractivity contribution is 0.0995. The number of halogens is 1. The lowest BCUT2D eigenvalue weighted by atomic mass is 10.3. The second kappa shape index (κ2) is 6.80. The largest absolute Gasteiger partial charge is 0.459 e. The number of carbonyl (C=O) groups is 2. The van der Waals surface area contributed by atoms with Gasteiger partial charge in [0.1, 0.15) is 0 Å². The fraction of sp³-hybridized carbons (Fsp3) is 0. The fourth-order valence-electron chi connectivity index (χ4n) is 1.85. The second-order valence-corrected chi connectivity index (χ2v) is 6.47. The van der Waals surface area contributed by atoms with Crippen molar-refractivity contribution in [1.82, 2.24) is 0 Å². The third-order valence-corrected chi connectivity index (χ3v) is 4.62. The molecule has 0 saturated carbocycles. The third-order valence-electron chi connectivity index (χ3n) is 2.93. The van der Waals surface area contributed by atoms with E-state index >= 15 is 0 Å². The zero-order chi connectivity index (χ0) is 16.2. The molecule has 3 rings (SSSR count). The SMILES string of the molecule is O=C(Nc1ccc(C(=O)Nc2ccccc2Br)s1)c1ccco1. The molecule has 2 amide bonds. The first-order valence-electron chi connectivity index (χ1n) is 6.64. The van der Waals surface area contributed by atoms with Gasteiger partial charge >= 0.3 is 0 Å². The van der Waals surface area contributed by atoms with E-state index in [0.29, 0.717) is 15.6 Å². The van der Waals surface area contributed by atoms with Gasteiger partial charge in [0.05, 0.1) is 21.8 Å². The number of amides is 2. The average molecular weight is 391 g/mol. The van der Waals surface area contributed by atoms with Gasteiger partial charge < -0.3 is 15.1 Å². The molecule has 5 nitrogen and oxygen atoms in total. The highest BCUT2D eigenvalue weighted by Gasteiger charge is 2.14. The standard InChI is InChI=1S/C16H11BrN2O3S/c17-10-4-1-2-5-11(10)18-16(21)13-7-8-14(23-13)19-15(20)12-6-3-9-22-12/h1-9H,(H,18,21)(H,19,20). The molecule has 0 aliphatic heterocycles. The van der Waals surface area contributed by atoms with Gasteiger partial charge in [0, 0.05) is 4.47 Å². The van der Waals surface area contributed by atoms with Crippen molar-refractivity contribution in [2.75, 3.05) is 10.6 Å². The minimum Gasteiger partial charge on any atom is -0.459 e. The van der Waals surface area contributed by atoms with E-state index in [1.807, 2.05) is 18.2 Å². The smallest absolute Gasteiger partial charge is 0.291 e. The van der Waals surface area contributed by atoms with Gasteiger partial charge in [-0.1, -0.05) is 12.1 Å². The van der Waals surface area contributed by atoms with Crippen molar-refractivity contribution in [2.24, 2.45) is 0 Å². The number of anilines is 2. The molecule has 2 aromatic heterocycles. The zero-order valence-corrected chi connectivity index (χ0v) is 14.1. The highest BCUT2D eigenvalue weighted by atomic mass is 79.9. The van der Waals surface area contributed by atoms with E-state index in [4.69, 9.17) is 4.42 Å². The summed E-state index contributed by atoms with van der Waals surface area (Å²) >= 11 is 4.57. The monoisotopic (exact) mass is 390 g/mol. The number of hydrogen-bond acceptors (Lipinski definition) is 4. The van der Waals surface area contributed by atoms with Crippen molar-refractivity contribution in [3.63, 3.8) is 0 Å². The van der Waals surface area contributed by atoms with Gasteiger partial charge in [-0.15, -0.1) is 11.3 Å². The Bertz CT molecular complexity index is 843. The minimum atomic E-state index is -0.352. The van der Waals surface area contributed by atoms with E-state index in [-0.39, 0.29) is 17.6 Å². The molecule has 0 atom stereocenters. The lowest BCUT2D eigenvalue weighted by Gasteiger charge is -2.05. The summed E-state index contributed by atoms with van der Waals surface area (Å²) in [5, 5.41) is 6.08. The van der Waals surface area contributed by atoms with Crippen molar-refractivity contribution >= 4 is 49.8 Å². The van der Waals surface area contributed by atoms with Crippen LogP contribution in [0.25, 0.3) is 0 Å². The van der Waals surface area contributed by atoms with Crippen LogP contribution in [0, 0.1) is 0 Å². The minimum absolute atomic E-state index is 0.220. The van der Waals surface area contributed by atoms with Crippen LogP contribution in [-0.4, -0.2) is 11.8 Å². The first-order valence-corrected chi connectivity index (χ1v) is 8.25. The summed E-state index contributed by atoms with van der Waals surface area (Å²) in [5.74, 6) is -0.368. The lowest BCUT2D eigenvalue weighted by Crippen LogP contribution is -2.11. The zero-order valence-electron chi connectivity index (χ0n) is 11.7. The molecular weight excluding hydrogens is 380 g/mol. The van der Waals surface area contributed by atoms with Crippen molar-refractivity contribution in [3.05, 3.63) is 69.9 Å². The normalized spacial score (nSPS) is 10.3. The van der Waals surface area contributed by atoms with Crippen molar-refractivity contribution in [2.45, 2.75) is 0 Å². The molecule has 23 heavy (non-hydrogen) atoms. The van der Waals surface area contributed by atoms with Crippen LogP contribution in [-0.2, 0) is 0 Å². The Balaban J connectivity index is 1.68. The first kappa shape index (κ1) is 15.5. The molecule has 0 radical (unpaired) electrons. The summed E-state index contributed by atoms with van der Waals surface area (Å²) in [7, 11) is 0. The van der Waals surface area contributed by atoms with Crippen LogP contribution < -0.4 is 10.6 Å². The van der Waals surface area contributed by atoms with Gasteiger partial charge in [-0.3, -0.25) is 9.59 Å². The van der Waals surface area contributed by atoms with E-state index < -0.39 is 0 Å². The molecular formula is C16H11BrN2O3S. The molecule has 0 bridgehead atoms. The van der Waals surface area contributed by atoms with Crippen molar-refractivity contribution in [1.29, 1.82) is 0 Å². The molecule has 7 heteroatoms. The molecule has 0 aliphatic carbocycles. The predicted molar refractivity (Wildman–Crippen MR) is 93.1 cm³/mol. The molecule has 0 unspecified atom stereocenters. The van der Waals surface area contributed by atoms with E-state index in [0.717, 1.165) is 4.47 Å². The van der Waals surface area contributed by atoms with Gasteiger partial charge in [-0.25, -0.2) is 0 Å². The summed E-state index contributed by atoms with van der Waals surface area (Å²) in [6.45, 7) is 0. The Labute approximate surface area is 144 Å². The van der Waals surface area contributed by atoms with Gasteiger partial charge in [0.25, 0.3) is 11.8 Å². The maximum absolute atomic E-state index is 12.2. The molecule has 1 aromatic carbocycles. The molecule has 2 N–H and O–H groups in total. The molecule has 2 heterocycles. The Morgan fingerprint density at radius 3 is 2.52 bits per heavy atom. The topological polar surface area (TPSA) is 71.3 Å². The molecule has 0 saturated heterocycles. The van der Waals surface area contributed by atoms with Crippen molar-refractivity contribution < 1.29 is 14.0 Å². The number of carbonyl (C=O) groups excluding carboxylic acids is 2. The first-order chi connectivity index (χ1) is 11.1. The number of rotatable bonds is 4. The number of nitrogens with one attached hydrogen (secondary N) is 2. The van der Waals surface area contributed by atoms with E-state index in [1.165, 1.54) is 17.6 Å². The third kappa shape index (κ3) is 3.69. The number of benzene rings is 1. The quantitative estimate of drug-likeness (QED) is 0.683. The molecule has 116 valence electrons. The van der Waals surface area contributed by atoms with Crippen molar-refractivity contribution in [3.8, 4) is 0 Å². The maximum Gasteiger partial charge on any atom is 0.291 e. The van der Waals surface area contributed by atoms with Gasteiger partial charge in [-0.2, -0.15) is 0 Å². The van der Waals surface area contributed by atoms with Crippen LogP contribution in [0.1, 0.15) is 20.2 Å². The fourth-order valence-corrected chi connectivity index (χ4v) is 3.04. The summed E-state index contributed by atoms with van der Waals surface area (Å²) < 4.78 is 5.82. The summed E-state index contributed by atoms with van der Waals surface area (Å²) in [6, 6.07) is 13.9. The number of para-hydroxylation sites is 1. The highest BCUT2D eigenvalue weighted by molar-refractivity contribution is 9.10. The van der Waals surface area contributed by atoms with E-state index in [9.17, 15) is 9.59 Å². The van der Waals surface area contributed by atoms with Crippen LogP contribution in [0.5, 0.6) is 0 Å². The second-order valence-electron chi connectivity index (χ2n) is 4.53. The van der Waals surface area contributed by atoms with Gasteiger partial charge in [0.2, 0.25) is 0 Å².